The number of hydrogen-bond donors (Lipinski definition) is 1. The average molecular weight is 332 g/mol. The number of rotatable bonds is 4. The highest BCUT2D eigenvalue weighted by molar-refractivity contribution is 8.18. The SMILES string of the molecule is COc1ccc(C(O)C2(c3ccccc3)SCCCS2)cc1. The Morgan fingerprint density at radius 2 is 1.64 bits per heavy atom. The van der Waals surface area contributed by atoms with Crippen LogP contribution < -0.4 is 4.74 Å². The fraction of sp³-hybridized carbons (Fsp3) is 0.333. The predicted molar refractivity (Wildman–Crippen MR) is 95.6 cm³/mol. The second-order valence-electron chi connectivity index (χ2n) is 5.26. The molecule has 2 nitrogen and oxygen atoms in total. The molecule has 4 heteroatoms. The van der Waals surface area contributed by atoms with Gasteiger partial charge in [0.15, 0.2) is 0 Å². The zero-order valence-corrected chi connectivity index (χ0v) is 14.2. The third kappa shape index (κ3) is 3.00. The maximum Gasteiger partial charge on any atom is 0.118 e. The first-order valence-corrected chi connectivity index (χ1v) is 9.39. The second-order valence-corrected chi connectivity index (χ2v) is 8.20. The van der Waals surface area contributed by atoms with E-state index in [4.69, 9.17) is 4.74 Å². The van der Waals surface area contributed by atoms with E-state index < -0.39 is 6.10 Å². The zero-order chi connectivity index (χ0) is 15.4. The molecule has 0 radical (unpaired) electrons. The van der Waals surface area contributed by atoms with Gasteiger partial charge < -0.3 is 9.84 Å². The first-order chi connectivity index (χ1) is 10.8. The molecule has 1 heterocycles. The third-order valence-electron chi connectivity index (χ3n) is 3.89. The number of aliphatic hydroxyl groups excluding tert-OH is 1. The van der Waals surface area contributed by atoms with Crippen molar-refractivity contribution < 1.29 is 9.84 Å². The quantitative estimate of drug-likeness (QED) is 0.895. The van der Waals surface area contributed by atoms with Gasteiger partial charge in [-0.05, 0) is 41.2 Å². The maximum atomic E-state index is 11.1. The minimum absolute atomic E-state index is 0.325. The number of ether oxygens (including phenoxy) is 1. The molecule has 22 heavy (non-hydrogen) atoms. The van der Waals surface area contributed by atoms with Gasteiger partial charge in [-0.3, -0.25) is 0 Å². The van der Waals surface area contributed by atoms with Gasteiger partial charge in [0.1, 0.15) is 15.9 Å². The van der Waals surface area contributed by atoms with E-state index in [1.54, 1.807) is 7.11 Å². The smallest absolute Gasteiger partial charge is 0.118 e. The molecule has 1 N–H and O–H groups in total. The molecule has 1 atom stereocenters. The monoisotopic (exact) mass is 332 g/mol. The minimum Gasteiger partial charge on any atom is -0.497 e. The summed E-state index contributed by atoms with van der Waals surface area (Å²) in [6.45, 7) is 0. The molecule has 0 spiro atoms. The molecule has 0 amide bonds. The summed E-state index contributed by atoms with van der Waals surface area (Å²) in [6.07, 6.45) is 0.648. The van der Waals surface area contributed by atoms with Crippen LogP contribution in [-0.2, 0) is 4.08 Å². The van der Waals surface area contributed by atoms with E-state index in [0.717, 1.165) is 22.8 Å². The summed E-state index contributed by atoms with van der Waals surface area (Å²) in [6, 6.07) is 18.1. The molecule has 3 rings (SSSR count). The first-order valence-electron chi connectivity index (χ1n) is 7.42. The summed E-state index contributed by atoms with van der Waals surface area (Å²) < 4.78 is 4.89. The van der Waals surface area contributed by atoms with Crippen LogP contribution in [0.25, 0.3) is 0 Å². The number of benzene rings is 2. The summed E-state index contributed by atoms with van der Waals surface area (Å²) in [7, 11) is 1.66. The van der Waals surface area contributed by atoms with Crippen molar-refractivity contribution in [3.63, 3.8) is 0 Å². The van der Waals surface area contributed by atoms with Gasteiger partial charge in [0.2, 0.25) is 0 Å². The van der Waals surface area contributed by atoms with Crippen LogP contribution in [0, 0.1) is 0 Å². The van der Waals surface area contributed by atoms with E-state index in [9.17, 15) is 5.11 Å². The fourth-order valence-electron chi connectivity index (χ4n) is 2.71. The molecule has 1 aliphatic rings. The Bertz CT molecular complexity index is 592. The van der Waals surface area contributed by atoms with E-state index in [0.29, 0.717) is 0 Å². The van der Waals surface area contributed by atoms with Crippen LogP contribution >= 0.6 is 23.5 Å². The topological polar surface area (TPSA) is 29.5 Å². The Labute approximate surface area is 140 Å². The average Bonchev–Trinajstić information content (AvgIpc) is 2.62. The van der Waals surface area contributed by atoms with Crippen molar-refractivity contribution in [1.82, 2.24) is 0 Å². The molecule has 0 bridgehead atoms. The van der Waals surface area contributed by atoms with Crippen LogP contribution in [0.1, 0.15) is 23.7 Å². The van der Waals surface area contributed by atoms with E-state index in [-0.39, 0.29) is 4.08 Å². The highest BCUT2D eigenvalue weighted by atomic mass is 32.2. The molecule has 2 aromatic rings. The Morgan fingerprint density at radius 3 is 2.23 bits per heavy atom. The van der Waals surface area contributed by atoms with Crippen molar-refractivity contribution in [3.05, 3.63) is 65.7 Å². The Hall–Kier alpha value is -1.10. The largest absolute Gasteiger partial charge is 0.497 e. The van der Waals surface area contributed by atoms with Crippen molar-refractivity contribution in [2.24, 2.45) is 0 Å². The van der Waals surface area contributed by atoms with Crippen molar-refractivity contribution in [2.45, 2.75) is 16.6 Å². The Morgan fingerprint density at radius 1 is 1.00 bits per heavy atom. The van der Waals surface area contributed by atoms with E-state index in [2.05, 4.69) is 12.1 Å². The van der Waals surface area contributed by atoms with E-state index in [1.165, 1.54) is 12.0 Å². The van der Waals surface area contributed by atoms with Gasteiger partial charge in [-0.2, -0.15) is 0 Å². The summed E-state index contributed by atoms with van der Waals surface area (Å²) in [5.74, 6) is 2.97. The van der Waals surface area contributed by atoms with Crippen molar-refractivity contribution in [1.29, 1.82) is 0 Å². The first kappa shape index (κ1) is 15.8. The van der Waals surface area contributed by atoms with Crippen LogP contribution in [0.4, 0.5) is 0 Å². The third-order valence-corrected chi connectivity index (χ3v) is 7.36. The van der Waals surface area contributed by atoms with Crippen LogP contribution in [0.2, 0.25) is 0 Å². The van der Waals surface area contributed by atoms with Crippen LogP contribution in [-0.4, -0.2) is 23.7 Å². The van der Waals surface area contributed by atoms with Gasteiger partial charge in [-0.1, -0.05) is 42.5 Å². The summed E-state index contributed by atoms with van der Waals surface area (Å²) in [5.41, 5.74) is 2.12. The number of aliphatic hydroxyl groups is 1. The highest BCUT2D eigenvalue weighted by Crippen LogP contribution is 2.57. The number of hydrogen-bond acceptors (Lipinski definition) is 4. The molecule has 1 unspecified atom stereocenters. The molecule has 0 saturated carbocycles. The summed E-state index contributed by atoms with van der Waals surface area (Å²) in [4.78, 5) is 0. The van der Waals surface area contributed by atoms with Gasteiger partial charge >= 0.3 is 0 Å². The molecule has 1 aliphatic heterocycles. The van der Waals surface area contributed by atoms with E-state index >= 15 is 0 Å². The lowest BCUT2D eigenvalue weighted by Crippen LogP contribution is -2.30. The predicted octanol–water partition coefficient (Wildman–Crippen LogP) is 4.45. The van der Waals surface area contributed by atoms with Gasteiger partial charge in [0.25, 0.3) is 0 Å². The van der Waals surface area contributed by atoms with Crippen LogP contribution in [0.15, 0.2) is 54.6 Å². The fourth-order valence-corrected chi connectivity index (χ4v) is 6.10. The molecule has 2 aromatic carbocycles. The molecule has 0 aliphatic carbocycles. The van der Waals surface area contributed by atoms with Crippen LogP contribution in [0.5, 0.6) is 5.75 Å². The zero-order valence-electron chi connectivity index (χ0n) is 12.6. The van der Waals surface area contributed by atoms with E-state index in [1.807, 2.05) is 66.0 Å². The lowest BCUT2D eigenvalue weighted by atomic mass is 10.00. The molecular formula is C18H20O2S2. The molecule has 116 valence electrons. The summed E-state index contributed by atoms with van der Waals surface area (Å²) in [5, 5.41) is 11.1. The molecule has 1 fully saturated rings. The van der Waals surface area contributed by atoms with Crippen molar-refractivity contribution >= 4 is 23.5 Å². The van der Waals surface area contributed by atoms with Gasteiger partial charge in [0, 0.05) is 0 Å². The normalized spacial score (nSPS) is 18.6. The lowest BCUT2D eigenvalue weighted by Gasteiger charge is -2.40. The Kier molecular flexibility index (Phi) is 5.01. The van der Waals surface area contributed by atoms with Crippen LogP contribution in [0.3, 0.4) is 0 Å². The van der Waals surface area contributed by atoms with Crippen molar-refractivity contribution in [3.8, 4) is 5.75 Å². The second kappa shape index (κ2) is 6.99. The molecular weight excluding hydrogens is 312 g/mol. The molecule has 0 aromatic heterocycles. The standard InChI is InChI=1S/C18H20O2S2/c1-20-16-10-8-14(9-11-16)17(19)18(21-12-5-13-22-18)15-6-3-2-4-7-15/h2-4,6-11,17,19H,5,12-13H2,1H3. The van der Waals surface area contributed by atoms with Gasteiger partial charge in [-0.25, -0.2) is 0 Å². The van der Waals surface area contributed by atoms with Crippen molar-refractivity contribution in [2.75, 3.05) is 18.6 Å². The van der Waals surface area contributed by atoms with Gasteiger partial charge in [-0.15, -0.1) is 23.5 Å². The van der Waals surface area contributed by atoms with Gasteiger partial charge in [0.05, 0.1) is 7.11 Å². The molecule has 1 saturated heterocycles. The lowest BCUT2D eigenvalue weighted by molar-refractivity contribution is 0.163. The maximum absolute atomic E-state index is 11.1. The summed E-state index contributed by atoms with van der Waals surface area (Å²) >= 11 is 3.72. The highest BCUT2D eigenvalue weighted by Gasteiger charge is 2.43. The Balaban J connectivity index is 1.97. The minimum atomic E-state index is -0.545. The number of methoxy groups -OCH3 is 1. The number of thioether (sulfide) groups is 2.